The van der Waals surface area contributed by atoms with E-state index in [-0.39, 0.29) is 11.8 Å². The molecule has 0 saturated carbocycles. The summed E-state index contributed by atoms with van der Waals surface area (Å²) in [7, 11) is 0. The standard InChI is InChI=1S/C22H26N2O3/c1-2-27-20-10-8-19(9-11-20)17-22(26)24-14-12-23(13-15-24)21(25)16-18-6-4-3-5-7-18/h3-11H,2,12-17H2,1H3. The average Bonchev–Trinajstić information content (AvgIpc) is 2.70. The lowest BCUT2D eigenvalue weighted by Crippen LogP contribution is -2.51. The van der Waals surface area contributed by atoms with Gasteiger partial charge in [-0.25, -0.2) is 0 Å². The molecule has 27 heavy (non-hydrogen) atoms. The second kappa shape index (κ2) is 9.21. The van der Waals surface area contributed by atoms with Crippen LogP contribution in [0.5, 0.6) is 5.75 Å². The fourth-order valence-electron chi connectivity index (χ4n) is 3.24. The highest BCUT2D eigenvalue weighted by molar-refractivity contribution is 5.81. The second-order valence-electron chi connectivity index (χ2n) is 6.68. The molecule has 0 unspecified atom stereocenters. The summed E-state index contributed by atoms with van der Waals surface area (Å²) in [6, 6.07) is 17.4. The Morgan fingerprint density at radius 2 is 1.26 bits per heavy atom. The van der Waals surface area contributed by atoms with Gasteiger partial charge in [0.15, 0.2) is 0 Å². The van der Waals surface area contributed by atoms with Crippen molar-refractivity contribution in [2.24, 2.45) is 0 Å². The minimum atomic E-state index is 0.106. The molecular weight excluding hydrogens is 340 g/mol. The molecule has 0 atom stereocenters. The maximum Gasteiger partial charge on any atom is 0.227 e. The van der Waals surface area contributed by atoms with Crippen LogP contribution in [-0.2, 0) is 22.4 Å². The summed E-state index contributed by atoms with van der Waals surface area (Å²) in [4.78, 5) is 28.7. The maximum absolute atomic E-state index is 12.5. The first kappa shape index (κ1) is 19.0. The fourth-order valence-corrected chi connectivity index (χ4v) is 3.24. The van der Waals surface area contributed by atoms with Gasteiger partial charge >= 0.3 is 0 Å². The maximum atomic E-state index is 12.5. The molecule has 142 valence electrons. The average molecular weight is 366 g/mol. The normalized spacial score (nSPS) is 14.1. The van der Waals surface area contributed by atoms with Crippen molar-refractivity contribution in [3.63, 3.8) is 0 Å². The number of benzene rings is 2. The smallest absolute Gasteiger partial charge is 0.227 e. The number of carbonyl (C=O) groups excluding carboxylic acids is 2. The number of carbonyl (C=O) groups is 2. The first-order valence-corrected chi connectivity index (χ1v) is 9.47. The van der Waals surface area contributed by atoms with Gasteiger partial charge in [-0.3, -0.25) is 9.59 Å². The summed E-state index contributed by atoms with van der Waals surface area (Å²) in [5.74, 6) is 1.05. The predicted molar refractivity (Wildman–Crippen MR) is 105 cm³/mol. The molecule has 0 aliphatic carbocycles. The van der Waals surface area contributed by atoms with Crippen molar-refractivity contribution in [1.29, 1.82) is 0 Å². The molecule has 1 aliphatic rings. The molecule has 2 amide bonds. The van der Waals surface area contributed by atoms with Crippen LogP contribution in [0.3, 0.4) is 0 Å². The van der Waals surface area contributed by atoms with E-state index in [2.05, 4.69) is 0 Å². The zero-order chi connectivity index (χ0) is 19.1. The zero-order valence-electron chi connectivity index (χ0n) is 15.8. The Balaban J connectivity index is 1.46. The summed E-state index contributed by atoms with van der Waals surface area (Å²) in [5.41, 5.74) is 2.00. The van der Waals surface area contributed by atoms with Crippen molar-refractivity contribution in [2.45, 2.75) is 19.8 Å². The van der Waals surface area contributed by atoms with E-state index in [9.17, 15) is 9.59 Å². The third kappa shape index (κ3) is 5.33. The summed E-state index contributed by atoms with van der Waals surface area (Å²) in [6.45, 7) is 4.96. The lowest BCUT2D eigenvalue weighted by Gasteiger charge is -2.35. The molecule has 0 aromatic heterocycles. The molecule has 1 heterocycles. The monoisotopic (exact) mass is 366 g/mol. The summed E-state index contributed by atoms with van der Waals surface area (Å²) in [5, 5.41) is 0. The second-order valence-corrected chi connectivity index (χ2v) is 6.68. The van der Waals surface area contributed by atoms with E-state index in [1.807, 2.05) is 71.3 Å². The van der Waals surface area contributed by atoms with Crippen molar-refractivity contribution in [3.8, 4) is 5.75 Å². The Bertz CT molecular complexity index is 751. The van der Waals surface area contributed by atoms with Crippen molar-refractivity contribution < 1.29 is 14.3 Å². The Kier molecular flexibility index (Phi) is 6.47. The highest BCUT2D eigenvalue weighted by Crippen LogP contribution is 2.14. The molecule has 2 aromatic rings. The molecule has 5 heteroatoms. The van der Waals surface area contributed by atoms with Crippen LogP contribution in [0.25, 0.3) is 0 Å². The number of hydrogen-bond acceptors (Lipinski definition) is 3. The van der Waals surface area contributed by atoms with Gasteiger partial charge in [-0.1, -0.05) is 42.5 Å². The van der Waals surface area contributed by atoms with E-state index in [1.165, 1.54) is 0 Å². The van der Waals surface area contributed by atoms with Gasteiger partial charge in [-0.2, -0.15) is 0 Å². The number of amides is 2. The molecule has 0 N–H and O–H groups in total. The summed E-state index contributed by atoms with van der Waals surface area (Å²) >= 11 is 0. The van der Waals surface area contributed by atoms with Crippen LogP contribution in [0.1, 0.15) is 18.1 Å². The van der Waals surface area contributed by atoms with Gasteiger partial charge in [0.2, 0.25) is 11.8 Å². The van der Waals surface area contributed by atoms with Gasteiger partial charge in [0.25, 0.3) is 0 Å². The fraction of sp³-hybridized carbons (Fsp3) is 0.364. The summed E-state index contributed by atoms with van der Waals surface area (Å²) in [6.07, 6.45) is 0.797. The first-order chi connectivity index (χ1) is 13.2. The largest absolute Gasteiger partial charge is 0.494 e. The molecule has 0 bridgehead atoms. The number of piperazine rings is 1. The Hall–Kier alpha value is -2.82. The SMILES string of the molecule is CCOc1ccc(CC(=O)N2CCN(C(=O)Cc3ccccc3)CC2)cc1. The molecule has 0 radical (unpaired) electrons. The molecule has 0 spiro atoms. The van der Waals surface area contributed by atoms with E-state index in [0.29, 0.717) is 45.6 Å². The van der Waals surface area contributed by atoms with Gasteiger partial charge in [0.1, 0.15) is 5.75 Å². The van der Waals surface area contributed by atoms with Crippen LogP contribution in [0.2, 0.25) is 0 Å². The lowest BCUT2D eigenvalue weighted by molar-refractivity contribution is -0.138. The molecule has 2 aromatic carbocycles. The number of nitrogens with zero attached hydrogens (tertiary/aromatic N) is 2. The zero-order valence-corrected chi connectivity index (χ0v) is 15.8. The molecule has 3 rings (SSSR count). The van der Waals surface area contributed by atoms with Crippen LogP contribution < -0.4 is 4.74 Å². The molecule has 5 nitrogen and oxygen atoms in total. The first-order valence-electron chi connectivity index (χ1n) is 9.47. The molecule has 1 fully saturated rings. The molecule has 1 saturated heterocycles. The van der Waals surface area contributed by atoms with Gasteiger partial charge in [-0.05, 0) is 30.2 Å². The lowest BCUT2D eigenvalue weighted by atomic mass is 10.1. The Labute approximate surface area is 160 Å². The summed E-state index contributed by atoms with van der Waals surface area (Å²) < 4.78 is 5.43. The van der Waals surface area contributed by atoms with Crippen LogP contribution in [0.4, 0.5) is 0 Å². The van der Waals surface area contributed by atoms with Gasteiger partial charge in [-0.15, -0.1) is 0 Å². The molecular formula is C22H26N2O3. The number of rotatable bonds is 6. The van der Waals surface area contributed by atoms with Gasteiger partial charge < -0.3 is 14.5 Å². The molecule has 1 aliphatic heterocycles. The highest BCUT2D eigenvalue weighted by atomic mass is 16.5. The van der Waals surface area contributed by atoms with Gasteiger partial charge in [0, 0.05) is 26.2 Å². The minimum Gasteiger partial charge on any atom is -0.494 e. The van der Waals surface area contributed by atoms with Gasteiger partial charge in [0.05, 0.1) is 19.4 Å². The minimum absolute atomic E-state index is 0.106. The van der Waals surface area contributed by atoms with Crippen molar-refractivity contribution in [2.75, 3.05) is 32.8 Å². The predicted octanol–water partition coefficient (Wildman–Crippen LogP) is 2.54. The third-order valence-electron chi connectivity index (χ3n) is 4.77. The Morgan fingerprint density at radius 1 is 0.778 bits per heavy atom. The highest BCUT2D eigenvalue weighted by Gasteiger charge is 2.24. The third-order valence-corrected chi connectivity index (χ3v) is 4.77. The van der Waals surface area contributed by atoms with E-state index in [4.69, 9.17) is 4.74 Å². The van der Waals surface area contributed by atoms with E-state index in [1.54, 1.807) is 0 Å². The van der Waals surface area contributed by atoms with Crippen LogP contribution >= 0.6 is 0 Å². The van der Waals surface area contributed by atoms with Crippen molar-refractivity contribution in [1.82, 2.24) is 9.80 Å². The van der Waals surface area contributed by atoms with E-state index < -0.39 is 0 Å². The van der Waals surface area contributed by atoms with Crippen LogP contribution in [-0.4, -0.2) is 54.4 Å². The van der Waals surface area contributed by atoms with E-state index >= 15 is 0 Å². The van der Waals surface area contributed by atoms with Crippen LogP contribution in [0, 0.1) is 0 Å². The van der Waals surface area contributed by atoms with Crippen LogP contribution in [0.15, 0.2) is 54.6 Å². The Morgan fingerprint density at radius 3 is 1.74 bits per heavy atom. The van der Waals surface area contributed by atoms with Crippen molar-refractivity contribution >= 4 is 11.8 Å². The number of hydrogen-bond donors (Lipinski definition) is 0. The van der Waals surface area contributed by atoms with E-state index in [0.717, 1.165) is 16.9 Å². The van der Waals surface area contributed by atoms with Crippen molar-refractivity contribution in [3.05, 3.63) is 65.7 Å². The quantitative estimate of drug-likeness (QED) is 0.789. The number of ether oxygens (including phenoxy) is 1. The topological polar surface area (TPSA) is 49.9 Å².